The lowest BCUT2D eigenvalue weighted by atomic mass is 10.2. The molecule has 0 spiro atoms. The van der Waals surface area contributed by atoms with Gasteiger partial charge in [0.2, 0.25) is 5.91 Å². The molecule has 1 amide bonds. The number of hydrogen-bond acceptors (Lipinski definition) is 6. The Bertz CT molecular complexity index is 1170. The molecule has 30 heavy (non-hydrogen) atoms. The number of benzene rings is 1. The van der Waals surface area contributed by atoms with Gasteiger partial charge in [-0.25, -0.2) is 4.98 Å². The molecule has 1 aliphatic carbocycles. The quantitative estimate of drug-likeness (QED) is 0.344. The maximum absolute atomic E-state index is 13.6. The number of fused-ring (bicyclic) bond motifs is 3. The van der Waals surface area contributed by atoms with Gasteiger partial charge in [-0.15, -0.1) is 17.9 Å². The minimum Gasteiger partial charge on any atom is -0.497 e. The van der Waals surface area contributed by atoms with E-state index < -0.39 is 5.25 Å². The first-order chi connectivity index (χ1) is 14.5. The number of thiophene rings is 1. The van der Waals surface area contributed by atoms with Crippen molar-refractivity contribution < 1.29 is 9.53 Å². The number of nitrogens with zero attached hydrogens (tertiary/aromatic N) is 2. The number of aromatic nitrogens is 2. The Morgan fingerprint density at radius 3 is 2.87 bits per heavy atom. The molecule has 6 nitrogen and oxygen atoms in total. The number of carbonyl (C=O) groups excluding carboxylic acids is 1. The van der Waals surface area contributed by atoms with Crippen LogP contribution in [0, 0.1) is 0 Å². The summed E-state index contributed by atoms with van der Waals surface area (Å²) < 4.78 is 6.87. The summed E-state index contributed by atoms with van der Waals surface area (Å²) in [4.78, 5) is 32.9. The Kier molecular flexibility index (Phi) is 5.97. The molecule has 0 aliphatic heterocycles. The zero-order chi connectivity index (χ0) is 21.3. The molecule has 1 aromatic carbocycles. The lowest BCUT2D eigenvalue weighted by Gasteiger charge is -2.16. The lowest BCUT2D eigenvalue weighted by Crippen LogP contribution is -2.32. The largest absolute Gasteiger partial charge is 0.497 e. The summed E-state index contributed by atoms with van der Waals surface area (Å²) in [5.41, 5.74) is 1.77. The number of ether oxygens (including phenoxy) is 1. The predicted octanol–water partition coefficient (Wildman–Crippen LogP) is 3.73. The molecule has 156 valence electrons. The molecular weight excluding hydrogens is 418 g/mol. The number of nitrogens with one attached hydrogen (secondary N) is 1. The van der Waals surface area contributed by atoms with Gasteiger partial charge in [-0.2, -0.15) is 0 Å². The lowest BCUT2D eigenvalue weighted by molar-refractivity contribution is -0.120. The van der Waals surface area contributed by atoms with Crippen molar-refractivity contribution in [1.82, 2.24) is 14.9 Å². The smallest absolute Gasteiger partial charge is 0.267 e. The van der Waals surface area contributed by atoms with E-state index in [2.05, 4.69) is 11.9 Å². The average molecular weight is 442 g/mol. The second kappa shape index (κ2) is 8.65. The molecule has 1 N–H and O–H groups in total. The highest BCUT2D eigenvalue weighted by Gasteiger charge is 2.25. The standard InChI is InChI=1S/C22H23N3O3S2/c1-4-12-23-19(26)13(2)29-22-24-20-18(16-6-5-7-17(16)30-20)21(27)25(22)14-8-10-15(28-3)11-9-14/h4,8-11,13H,1,5-7,12H2,2-3H3,(H,23,26)/t13-/m1/s1. The van der Waals surface area contributed by atoms with Gasteiger partial charge in [-0.05, 0) is 56.0 Å². The maximum atomic E-state index is 13.6. The summed E-state index contributed by atoms with van der Waals surface area (Å²) >= 11 is 2.89. The van der Waals surface area contributed by atoms with Crippen LogP contribution in [0.2, 0.25) is 0 Å². The summed E-state index contributed by atoms with van der Waals surface area (Å²) in [7, 11) is 1.61. The van der Waals surface area contributed by atoms with Crippen LogP contribution < -0.4 is 15.6 Å². The minimum absolute atomic E-state index is 0.0780. The van der Waals surface area contributed by atoms with E-state index in [4.69, 9.17) is 9.72 Å². The van der Waals surface area contributed by atoms with Gasteiger partial charge < -0.3 is 10.1 Å². The third-order valence-corrected chi connectivity index (χ3v) is 7.35. The van der Waals surface area contributed by atoms with Crippen LogP contribution in [0.3, 0.4) is 0 Å². The van der Waals surface area contributed by atoms with Crippen molar-refractivity contribution in [3.63, 3.8) is 0 Å². The van der Waals surface area contributed by atoms with Crippen molar-refractivity contribution in [2.75, 3.05) is 13.7 Å². The van der Waals surface area contributed by atoms with Crippen LogP contribution >= 0.6 is 23.1 Å². The SMILES string of the molecule is C=CCNC(=O)[C@@H](C)Sc1nc2sc3c(c2c(=O)n1-c1ccc(OC)cc1)CCC3. The van der Waals surface area contributed by atoms with Crippen LogP contribution in [-0.4, -0.2) is 34.4 Å². The van der Waals surface area contributed by atoms with Crippen molar-refractivity contribution in [3.05, 3.63) is 57.7 Å². The Morgan fingerprint density at radius 1 is 1.40 bits per heavy atom. The normalized spacial score (nSPS) is 13.8. The zero-order valence-corrected chi connectivity index (χ0v) is 18.6. The molecule has 0 fully saturated rings. The van der Waals surface area contributed by atoms with E-state index in [0.717, 1.165) is 35.0 Å². The highest BCUT2D eigenvalue weighted by Crippen LogP contribution is 2.36. The first-order valence-electron chi connectivity index (χ1n) is 9.80. The van der Waals surface area contributed by atoms with Gasteiger partial charge in [0.1, 0.15) is 10.6 Å². The van der Waals surface area contributed by atoms with E-state index in [9.17, 15) is 9.59 Å². The molecule has 4 rings (SSSR count). The van der Waals surface area contributed by atoms with E-state index in [-0.39, 0.29) is 11.5 Å². The molecular formula is C22H23N3O3S2. The second-order valence-corrected chi connectivity index (χ2v) is 9.46. The zero-order valence-electron chi connectivity index (χ0n) is 16.9. The topological polar surface area (TPSA) is 73.2 Å². The van der Waals surface area contributed by atoms with Crippen LogP contribution in [-0.2, 0) is 17.6 Å². The highest BCUT2D eigenvalue weighted by atomic mass is 32.2. The summed E-state index contributed by atoms with van der Waals surface area (Å²) in [6.45, 7) is 5.84. The molecule has 0 radical (unpaired) electrons. The van der Waals surface area contributed by atoms with Gasteiger partial charge >= 0.3 is 0 Å². The molecule has 1 atom stereocenters. The number of rotatable bonds is 7. The Hall–Kier alpha value is -2.58. The molecule has 8 heteroatoms. The van der Waals surface area contributed by atoms with Crippen molar-refractivity contribution in [2.24, 2.45) is 0 Å². The van der Waals surface area contributed by atoms with Crippen molar-refractivity contribution in [3.8, 4) is 11.4 Å². The number of carbonyl (C=O) groups is 1. The summed E-state index contributed by atoms with van der Waals surface area (Å²) in [6.07, 6.45) is 4.64. The van der Waals surface area contributed by atoms with Gasteiger partial charge in [0.15, 0.2) is 5.16 Å². The first kappa shape index (κ1) is 20.7. The third kappa shape index (κ3) is 3.77. The monoisotopic (exact) mass is 441 g/mol. The van der Waals surface area contributed by atoms with Crippen LogP contribution in [0.5, 0.6) is 5.75 Å². The second-order valence-electron chi connectivity index (χ2n) is 7.06. The molecule has 1 aliphatic rings. The van der Waals surface area contributed by atoms with Crippen LogP contribution in [0.1, 0.15) is 23.8 Å². The van der Waals surface area contributed by atoms with Crippen LogP contribution in [0.25, 0.3) is 15.9 Å². The van der Waals surface area contributed by atoms with Gasteiger partial charge in [0, 0.05) is 11.4 Å². The molecule has 0 bridgehead atoms. The summed E-state index contributed by atoms with van der Waals surface area (Å²) in [5, 5.41) is 3.62. The van der Waals surface area contributed by atoms with Crippen molar-refractivity contribution in [1.29, 1.82) is 0 Å². The average Bonchev–Trinajstić information content (AvgIpc) is 3.33. The molecule has 2 heterocycles. The van der Waals surface area contributed by atoms with E-state index >= 15 is 0 Å². The Labute approximate surface area is 183 Å². The van der Waals surface area contributed by atoms with E-state index in [1.807, 2.05) is 31.2 Å². The highest BCUT2D eigenvalue weighted by molar-refractivity contribution is 8.00. The fourth-order valence-corrected chi connectivity index (χ4v) is 5.84. The number of amides is 1. The Balaban J connectivity index is 1.83. The molecule has 0 saturated carbocycles. The molecule has 0 unspecified atom stereocenters. The first-order valence-corrected chi connectivity index (χ1v) is 11.5. The van der Waals surface area contributed by atoms with Gasteiger partial charge in [0.25, 0.3) is 5.56 Å². The fourth-order valence-electron chi connectivity index (χ4n) is 3.59. The van der Waals surface area contributed by atoms with Gasteiger partial charge in [-0.3, -0.25) is 14.2 Å². The molecule has 2 aromatic heterocycles. The van der Waals surface area contributed by atoms with Gasteiger partial charge in [0.05, 0.1) is 23.4 Å². The summed E-state index contributed by atoms with van der Waals surface area (Å²) in [5.74, 6) is 0.591. The number of hydrogen-bond donors (Lipinski definition) is 1. The number of methoxy groups -OCH3 is 1. The van der Waals surface area contributed by atoms with E-state index in [1.165, 1.54) is 16.6 Å². The fraction of sp³-hybridized carbons (Fsp3) is 0.318. The third-order valence-electron chi connectivity index (χ3n) is 5.11. The minimum atomic E-state index is -0.411. The maximum Gasteiger partial charge on any atom is 0.267 e. The van der Waals surface area contributed by atoms with Crippen LogP contribution in [0.15, 0.2) is 46.9 Å². The summed E-state index contributed by atoms with van der Waals surface area (Å²) in [6, 6.07) is 7.32. The van der Waals surface area contributed by atoms with Crippen LogP contribution in [0.4, 0.5) is 0 Å². The molecule has 3 aromatic rings. The van der Waals surface area contributed by atoms with Crippen molar-refractivity contribution in [2.45, 2.75) is 36.6 Å². The number of thioether (sulfide) groups is 1. The Morgan fingerprint density at radius 2 is 2.17 bits per heavy atom. The molecule has 0 saturated heterocycles. The number of aryl methyl sites for hydroxylation is 2. The van der Waals surface area contributed by atoms with Crippen molar-refractivity contribution >= 4 is 39.2 Å². The van der Waals surface area contributed by atoms with E-state index in [1.54, 1.807) is 29.1 Å². The predicted molar refractivity (Wildman–Crippen MR) is 122 cm³/mol. The van der Waals surface area contributed by atoms with E-state index in [0.29, 0.717) is 23.1 Å². The van der Waals surface area contributed by atoms with Gasteiger partial charge in [-0.1, -0.05) is 17.8 Å².